The van der Waals surface area contributed by atoms with Gasteiger partial charge in [0, 0.05) is 6.04 Å². The number of ether oxygens (including phenoxy) is 1. The van der Waals surface area contributed by atoms with E-state index in [1.807, 2.05) is 0 Å². The summed E-state index contributed by atoms with van der Waals surface area (Å²) >= 11 is 0. The number of nitrogens with two attached hydrogens (primary N) is 1. The molecule has 0 bridgehead atoms. The van der Waals surface area contributed by atoms with Crippen LogP contribution in [0, 0.1) is 0 Å². The topological polar surface area (TPSA) is 35.2 Å². The molecule has 0 saturated carbocycles. The van der Waals surface area contributed by atoms with E-state index in [1.54, 1.807) is 6.07 Å². The second-order valence-corrected chi connectivity index (χ2v) is 4.64. The average molecular weight is 330 g/mol. The van der Waals surface area contributed by atoms with Crippen molar-refractivity contribution in [1.82, 2.24) is 0 Å². The summed E-state index contributed by atoms with van der Waals surface area (Å²) < 4.78 is 53.8. The molecule has 1 atom stereocenters. The van der Waals surface area contributed by atoms with Crippen molar-refractivity contribution < 1.29 is 22.3 Å². The fraction of sp³-hybridized carbons (Fsp3) is 0.571. The van der Waals surface area contributed by atoms with E-state index in [4.69, 9.17) is 5.73 Å². The normalized spacial score (nSPS) is 12.9. The van der Waals surface area contributed by atoms with Gasteiger partial charge < -0.3 is 10.5 Å². The van der Waals surface area contributed by atoms with Crippen molar-refractivity contribution in [2.24, 2.45) is 5.73 Å². The molecule has 1 rings (SSSR count). The fourth-order valence-corrected chi connectivity index (χ4v) is 1.79. The molecule has 0 saturated heterocycles. The Kier molecular flexibility index (Phi) is 8.66. The fourth-order valence-electron chi connectivity index (χ4n) is 1.79. The molecular formula is C14H20ClF4NO. The van der Waals surface area contributed by atoms with Crippen molar-refractivity contribution in [1.29, 1.82) is 0 Å². The molecule has 0 fully saturated rings. The summed E-state index contributed by atoms with van der Waals surface area (Å²) in [6, 6.07) is 5.31. The van der Waals surface area contributed by atoms with E-state index in [0.29, 0.717) is 12.0 Å². The van der Waals surface area contributed by atoms with E-state index >= 15 is 0 Å². The molecule has 2 N–H and O–H groups in total. The molecule has 0 aromatic heterocycles. The molecule has 0 aliphatic heterocycles. The van der Waals surface area contributed by atoms with Gasteiger partial charge in [0.25, 0.3) is 0 Å². The number of benzene rings is 1. The lowest BCUT2D eigenvalue weighted by Crippen LogP contribution is -2.33. The van der Waals surface area contributed by atoms with Gasteiger partial charge in [-0.15, -0.1) is 12.4 Å². The summed E-state index contributed by atoms with van der Waals surface area (Å²) in [6.45, 7) is 2.06. The first-order valence-electron chi connectivity index (χ1n) is 6.57. The third kappa shape index (κ3) is 6.52. The summed E-state index contributed by atoms with van der Waals surface area (Å²) in [5, 5.41) is 0. The van der Waals surface area contributed by atoms with Gasteiger partial charge in [0.05, 0.1) is 0 Å². The summed E-state index contributed by atoms with van der Waals surface area (Å²) in [5.74, 6) is -0.307. The number of hydrogen-bond donors (Lipinski definition) is 1. The molecule has 0 spiro atoms. The molecule has 0 aliphatic rings. The molecule has 0 aliphatic carbocycles. The Labute approximate surface area is 128 Å². The number of hydrogen-bond acceptors (Lipinski definition) is 2. The van der Waals surface area contributed by atoms with Crippen LogP contribution >= 0.6 is 12.4 Å². The predicted octanol–water partition coefficient (Wildman–Crippen LogP) is 4.93. The smallest absolute Gasteiger partial charge is 0.428 e. The highest BCUT2D eigenvalue weighted by Crippen LogP contribution is 2.29. The molecule has 1 aromatic rings. The van der Waals surface area contributed by atoms with Gasteiger partial charge in [-0.3, -0.25) is 0 Å². The van der Waals surface area contributed by atoms with Crippen LogP contribution in [0.4, 0.5) is 17.6 Å². The Morgan fingerprint density at radius 2 is 1.90 bits per heavy atom. The molecule has 21 heavy (non-hydrogen) atoms. The lowest BCUT2D eigenvalue weighted by Gasteiger charge is -2.18. The standard InChI is InChI=1S/C14H19F4NO.ClH/c1-2-3-4-8-12(19)10-6-5-7-11(9-10)20-14(17,18)13(15)16;/h5-7,9,12-13H,2-4,8,19H2,1H3;1H/t12-;/m0./s1. The second kappa shape index (κ2) is 9.10. The first kappa shape index (κ1) is 20.0. The van der Waals surface area contributed by atoms with Crippen LogP contribution in [0.2, 0.25) is 0 Å². The van der Waals surface area contributed by atoms with Crippen molar-refractivity contribution in [3.8, 4) is 5.75 Å². The van der Waals surface area contributed by atoms with Gasteiger partial charge in [-0.1, -0.05) is 38.3 Å². The minimum absolute atomic E-state index is 0. The predicted molar refractivity (Wildman–Crippen MR) is 76.3 cm³/mol. The Morgan fingerprint density at radius 1 is 1.24 bits per heavy atom. The largest absolute Gasteiger partial charge is 0.461 e. The van der Waals surface area contributed by atoms with Crippen molar-refractivity contribution in [3.63, 3.8) is 0 Å². The summed E-state index contributed by atoms with van der Waals surface area (Å²) in [6.07, 6.45) is -4.64. The second-order valence-electron chi connectivity index (χ2n) is 4.64. The average Bonchev–Trinajstić information content (AvgIpc) is 2.38. The Balaban J connectivity index is 0.00000400. The molecule has 0 unspecified atom stereocenters. The number of alkyl halides is 4. The third-order valence-corrected chi connectivity index (χ3v) is 2.91. The Morgan fingerprint density at radius 3 is 2.48 bits per heavy atom. The van der Waals surface area contributed by atoms with Crippen LogP contribution in [0.5, 0.6) is 5.75 Å². The maximum absolute atomic E-state index is 12.8. The van der Waals surface area contributed by atoms with Crippen LogP contribution < -0.4 is 10.5 Å². The lowest BCUT2D eigenvalue weighted by atomic mass is 10.0. The van der Waals surface area contributed by atoms with Crippen LogP contribution in [-0.4, -0.2) is 12.5 Å². The molecule has 0 heterocycles. The first-order chi connectivity index (χ1) is 9.36. The number of rotatable bonds is 8. The van der Waals surface area contributed by atoms with Crippen molar-refractivity contribution in [3.05, 3.63) is 29.8 Å². The molecule has 122 valence electrons. The molecule has 1 aromatic carbocycles. The third-order valence-electron chi connectivity index (χ3n) is 2.91. The van der Waals surface area contributed by atoms with Gasteiger partial charge in [0.15, 0.2) is 0 Å². The minimum atomic E-state index is -4.50. The van der Waals surface area contributed by atoms with Crippen molar-refractivity contribution in [2.75, 3.05) is 0 Å². The van der Waals surface area contributed by atoms with Gasteiger partial charge >= 0.3 is 12.5 Å². The van der Waals surface area contributed by atoms with E-state index in [1.165, 1.54) is 18.2 Å². The molecule has 0 radical (unpaired) electrons. The van der Waals surface area contributed by atoms with Gasteiger partial charge in [0.2, 0.25) is 0 Å². The van der Waals surface area contributed by atoms with Crippen LogP contribution in [0.3, 0.4) is 0 Å². The van der Waals surface area contributed by atoms with Gasteiger partial charge in [-0.05, 0) is 24.1 Å². The van der Waals surface area contributed by atoms with E-state index in [-0.39, 0.29) is 24.2 Å². The highest BCUT2D eigenvalue weighted by molar-refractivity contribution is 5.85. The van der Waals surface area contributed by atoms with Gasteiger partial charge in [0.1, 0.15) is 5.75 Å². The van der Waals surface area contributed by atoms with E-state index < -0.39 is 12.5 Å². The zero-order valence-corrected chi connectivity index (χ0v) is 12.5. The summed E-state index contributed by atoms with van der Waals surface area (Å²) in [5.41, 5.74) is 6.54. The molecular weight excluding hydrogens is 310 g/mol. The zero-order valence-electron chi connectivity index (χ0n) is 11.7. The summed E-state index contributed by atoms with van der Waals surface area (Å²) in [7, 11) is 0. The van der Waals surface area contributed by atoms with Crippen LogP contribution in [-0.2, 0) is 0 Å². The molecule has 7 heteroatoms. The minimum Gasteiger partial charge on any atom is -0.428 e. The van der Waals surface area contributed by atoms with E-state index in [2.05, 4.69) is 11.7 Å². The lowest BCUT2D eigenvalue weighted by molar-refractivity contribution is -0.253. The van der Waals surface area contributed by atoms with Crippen molar-refractivity contribution in [2.45, 2.75) is 51.2 Å². The number of halogens is 5. The van der Waals surface area contributed by atoms with Crippen LogP contribution in [0.1, 0.15) is 44.2 Å². The number of unbranched alkanes of at least 4 members (excludes halogenated alkanes) is 2. The van der Waals surface area contributed by atoms with E-state index in [0.717, 1.165) is 19.3 Å². The summed E-state index contributed by atoms with van der Waals surface area (Å²) in [4.78, 5) is 0. The SMILES string of the molecule is CCCCC[C@H](N)c1cccc(OC(F)(F)C(F)F)c1.Cl. The van der Waals surface area contributed by atoms with Gasteiger partial charge in [-0.25, -0.2) is 0 Å². The highest BCUT2D eigenvalue weighted by Gasteiger charge is 2.43. The zero-order chi connectivity index (χ0) is 15.2. The molecule has 0 amide bonds. The van der Waals surface area contributed by atoms with Crippen LogP contribution in [0.15, 0.2) is 24.3 Å². The first-order valence-corrected chi connectivity index (χ1v) is 6.57. The Bertz CT molecular complexity index is 418. The van der Waals surface area contributed by atoms with Gasteiger partial charge in [-0.2, -0.15) is 17.6 Å². The maximum Gasteiger partial charge on any atom is 0.461 e. The van der Waals surface area contributed by atoms with Crippen molar-refractivity contribution >= 4 is 12.4 Å². The van der Waals surface area contributed by atoms with E-state index in [9.17, 15) is 17.6 Å². The Hall–Kier alpha value is -1.01. The monoisotopic (exact) mass is 329 g/mol. The molecule has 2 nitrogen and oxygen atoms in total. The van der Waals surface area contributed by atoms with Crippen LogP contribution in [0.25, 0.3) is 0 Å². The highest BCUT2D eigenvalue weighted by atomic mass is 35.5. The maximum atomic E-state index is 12.8. The quantitative estimate of drug-likeness (QED) is 0.542.